The predicted octanol–water partition coefficient (Wildman–Crippen LogP) is 3.81. The Labute approximate surface area is 112 Å². The summed E-state index contributed by atoms with van der Waals surface area (Å²) in [5.41, 5.74) is 3.04. The summed E-state index contributed by atoms with van der Waals surface area (Å²) >= 11 is 6.05. The van der Waals surface area contributed by atoms with E-state index in [2.05, 4.69) is 9.97 Å². The Hall–Kier alpha value is -1.45. The van der Waals surface area contributed by atoms with Gasteiger partial charge in [0.25, 0.3) is 0 Å². The number of aromatic nitrogens is 2. The van der Waals surface area contributed by atoms with Gasteiger partial charge in [0.1, 0.15) is 11.3 Å². The lowest BCUT2D eigenvalue weighted by atomic mass is 10.1. The molecule has 2 rings (SSSR count). The molecule has 0 saturated heterocycles. The number of benzene rings is 1. The normalized spacial score (nSPS) is 12.4. The van der Waals surface area contributed by atoms with Crippen LogP contribution in [-0.2, 0) is 4.74 Å². The average molecular weight is 263 g/mol. The minimum atomic E-state index is -0.175. The van der Waals surface area contributed by atoms with E-state index >= 15 is 0 Å². The van der Waals surface area contributed by atoms with E-state index in [4.69, 9.17) is 16.3 Å². The van der Waals surface area contributed by atoms with Gasteiger partial charge in [-0.25, -0.2) is 9.97 Å². The Kier molecular flexibility index (Phi) is 3.94. The smallest absolute Gasteiger partial charge is 0.159 e. The molecule has 1 aromatic heterocycles. The zero-order chi connectivity index (χ0) is 13.1. The molecule has 0 bridgehead atoms. The Morgan fingerprint density at radius 1 is 1.22 bits per heavy atom. The van der Waals surface area contributed by atoms with Gasteiger partial charge in [0, 0.05) is 18.7 Å². The fourth-order valence-electron chi connectivity index (χ4n) is 1.72. The van der Waals surface area contributed by atoms with E-state index in [0.29, 0.717) is 11.0 Å². The highest BCUT2D eigenvalue weighted by molar-refractivity contribution is 6.29. The van der Waals surface area contributed by atoms with Gasteiger partial charge in [0.15, 0.2) is 5.82 Å². The summed E-state index contributed by atoms with van der Waals surface area (Å²) in [6.45, 7) is 3.94. The van der Waals surface area contributed by atoms with Gasteiger partial charge >= 0.3 is 0 Å². The van der Waals surface area contributed by atoms with Crippen LogP contribution in [0.2, 0.25) is 5.15 Å². The minimum absolute atomic E-state index is 0.175. The second-order valence-electron chi connectivity index (χ2n) is 4.13. The van der Waals surface area contributed by atoms with E-state index in [9.17, 15) is 0 Å². The standard InChI is InChI=1S/C14H15ClN2O/c1-9-6-4-5-7-11(9)12-8-13(15)17-14(16-12)10(2)18-3/h4-8,10H,1-3H3/t10-/m0/s1. The van der Waals surface area contributed by atoms with Crippen LogP contribution in [0.15, 0.2) is 30.3 Å². The van der Waals surface area contributed by atoms with Crippen LogP contribution in [0.3, 0.4) is 0 Å². The Morgan fingerprint density at radius 2 is 1.94 bits per heavy atom. The third-order valence-electron chi connectivity index (χ3n) is 2.85. The van der Waals surface area contributed by atoms with E-state index in [0.717, 1.165) is 16.8 Å². The molecule has 0 aliphatic carbocycles. The molecule has 0 N–H and O–H groups in total. The fourth-order valence-corrected chi connectivity index (χ4v) is 1.91. The number of ether oxygens (including phenoxy) is 1. The highest BCUT2D eigenvalue weighted by atomic mass is 35.5. The third-order valence-corrected chi connectivity index (χ3v) is 3.04. The molecule has 0 unspecified atom stereocenters. The SMILES string of the molecule is CO[C@@H](C)c1nc(Cl)cc(-c2ccccc2C)n1. The van der Waals surface area contributed by atoms with Gasteiger partial charge < -0.3 is 4.74 Å². The molecule has 1 heterocycles. The van der Waals surface area contributed by atoms with Crippen LogP contribution in [0.4, 0.5) is 0 Å². The van der Waals surface area contributed by atoms with Gasteiger partial charge in [-0.05, 0) is 19.4 Å². The molecule has 2 aromatic rings. The molecule has 94 valence electrons. The molecular formula is C14H15ClN2O. The van der Waals surface area contributed by atoms with Gasteiger partial charge in [-0.2, -0.15) is 0 Å². The number of hydrogen-bond acceptors (Lipinski definition) is 3. The second kappa shape index (κ2) is 5.46. The van der Waals surface area contributed by atoms with Crippen LogP contribution in [0.5, 0.6) is 0 Å². The van der Waals surface area contributed by atoms with Crippen LogP contribution in [-0.4, -0.2) is 17.1 Å². The van der Waals surface area contributed by atoms with Crippen LogP contribution < -0.4 is 0 Å². The Morgan fingerprint density at radius 3 is 2.61 bits per heavy atom. The van der Waals surface area contributed by atoms with Gasteiger partial charge in [-0.1, -0.05) is 35.9 Å². The lowest BCUT2D eigenvalue weighted by molar-refractivity contribution is 0.112. The van der Waals surface area contributed by atoms with Crippen LogP contribution in [0.25, 0.3) is 11.3 Å². The zero-order valence-corrected chi connectivity index (χ0v) is 11.4. The molecule has 0 aliphatic rings. The van der Waals surface area contributed by atoms with Gasteiger partial charge in [-0.3, -0.25) is 0 Å². The highest BCUT2D eigenvalue weighted by Gasteiger charge is 2.12. The maximum atomic E-state index is 6.05. The lowest BCUT2D eigenvalue weighted by Crippen LogP contribution is -2.04. The number of hydrogen-bond donors (Lipinski definition) is 0. The average Bonchev–Trinajstić information content (AvgIpc) is 2.37. The summed E-state index contributed by atoms with van der Waals surface area (Å²) in [6, 6.07) is 9.83. The number of halogens is 1. The largest absolute Gasteiger partial charge is 0.374 e. The first-order valence-electron chi connectivity index (χ1n) is 5.75. The molecule has 0 radical (unpaired) electrons. The number of methoxy groups -OCH3 is 1. The van der Waals surface area contributed by atoms with Crippen molar-refractivity contribution in [1.82, 2.24) is 9.97 Å². The first-order chi connectivity index (χ1) is 8.61. The summed E-state index contributed by atoms with van der Waals surface area (Å²) in [5.74, 6) is 0.600. The maximum Gasteiger partial charge on any atom is 0.159 e. The number of aryl methyl sites for hydroxylation is 1. The van der Waals surface area contributed by atoms with Crippen LogP contribution in [0.1, 0.15) is 24.4 Å². The van der Waals surface area contributed by atoms with Gasteiger partial charge in [0.2, 0.25) is 0 Å². The van der Waals surface area contributed by atoms with E-state index in [-0.39, 0.29) is 6.10 Å². The first-order valence-corrected chi connectivity index (χ1v) is 6.13. The molecule has 18 heavy (non-hydrogen) atoms. The monoisotopic (exact) mass is 262 g/mol. The van der Waals surface area contributed by atoms with Crippen molar-refractivity contribution in [2.75, 3.05) is 7.11 Å². The second-order valence-corrected chi connectivity index (χ2v) is 4.51. The molecule has 1 atom stereocenters. The molecule has 0 aliphatic heterocycles. The van der Waals surface area contributed by atoms with Crippen LogP contribution >= 0.6 is 11.6 Å². The summed E-state index contributed by atoms with van der Waals surface area (Å²) in [7, 11) is 1.63. The summed E-state index contributed by atoms with van der Waals surface area (Å²) in [4.78, 5) is 8.70. The molecule has 0 saturated carbocycles. The molecule has 0 amide bonds. The van der Waals surface area contributed by atoms with Crippen molar-refractivity contribution < 1.29 is 4.74 Å². The third kappa shape index (κ3) is 2.68. The molecule has 0 fully saturated rings. The van der Waals surface area contributed by atoms with Crippen molar-refractivity contribution >= 4 is 11.6 Å². The highest BCUT2D eigenvalue weighted by Crippen LogP contribution is 2.25. The van der Waals surface area contributed by atoms with Gasteiger partial charge in [0.05, 0.1) is 5.69 Å². The van der Waals surface area contributed by atoms with Crippen molar-refractivity contribution in [1.29, 1.82) is 0 Å². The number of nitrogens with zero attached hydrogens (tertiary/aromatic N) is 2. The first kappa shape index (κ1) is 13.0. The molecule has 0 spiro atoms. The summed E-state index contributed by atoms with van der Waals surface area (Å²) in [6.07, 6.45) is -0.175. The molecule has 3 nitrogen and oxygen atoms in total. The van der Waals surface area contributed by atoms with Crippen molar-refractivity contribution in [2.45, 2.75) is 20.0 Å². The lowest BCUT2D eigenvalue weighted by Gasteiger charge is -2.11. The summed E-state index contributed by atoms with van der Waals surface area (Å²) in [5, 5.41) is 0.433. The topological polar surface area (TPSA) is 35.0 Å². The van der Waals surface area contributed by atoms with Crippen molar-refractivity contribution in [3.63, 3.8) is 0 Å². The quantitative estimate of drug-likeness (QED) is 0.789. The van der Waals surface area contributed by atoms with Gasteiger partial charge in [-0.15, -0.1) is 0 Å². The van der Waals surface area contributed by atoms with E-state index in [1.165, 1.54) is 0 Å². The van der Waals surface area contributed by atoms with Crippen molar-refractivity contribution in [2.24, 2.45) is 0 Å². The maximum absolute atomic E-state index is 6.05. The van der Waals surface area contributed by atoms with Crippen LogP contribution in [0, 0.1) is 6.92 Å². The number of rotatable bonds is 3. The zero-order valence-electron chi connectivity index (χ0n) is 10.6. The summed E-state index contributed by atoms with van der Waals surface area (Å²) < 4.78 is 5.23. The Bertz CT molecular complexity index is 557. The molecule has 4 heteroatoms. The van der Waals surface area contributed by atoms with E-state index < -0.39 is 0 Å². The molecule has 1 aromatic carbocycles. The fraction of sp³-hybridized carbons (Fsp3) is 0.286. The van der Waals surface area contributed by atoms with Crippen molar-refractivity contribution in [3.05, 3.63) is 46.9 Å². The van der Waals surface area contributed by atoms with E-state index in [1.54, 1.807) is 13.2 Å². The van der Waals surface area contributed by atoms with Crippen molar-refractivity contribution in [3.8, 4) is 11.3 Å². The predicted molar refractivity (Wildman–Crippen MR) is 72.6 cm³/mol. The van der Waals surface area contributed by atoms with E-state index in [1.807, 2.05) is 38.1 Å². The molecular weight excluding hydrogens is 248 g/mol. The Balaban J connectivity index is 2.52. The minimum Gasteiger partial charge on any atom is -0.374 e.